The lowest BCUT2D eigenvalue weighted by molar-refractivity contribution is 0.414. The fraction of sp³-hybridized carbons (Fsp3) is 0.333. The topological polar surface area (TPSA) is 24.5 Å². The molecule has 22 heavy (non-hydrogen) atoms. The van der Waals surface area contributed by atoms with E-state index in [0.29, 0.717) is 5.69 Å². The summed E-state index contributed by atoms with van der Waals surface area (Å²) in [7, 11) is 5.36. The summed E-state index contributed by atoms with van der Waals surface area (Å²) >= 11 is 0. The van der Waals surface area contributed by atoms with E-state index in [2.05, 4.69) is 17.4 Å². The first-order chi connectivity index (χ1) is 10.6. The molecule has 0 fully saturated rings. The molecule has 0 spiro atoms. The quantitative estimate of drug-likeness (QED) is 0.795. The first-order valence-corrected chi connectivity index (χ1v) is 7.39. The maximum atomic E-state index is 13.6. The van der Waals surface area contributed by atoms with Gasteiger partial charge in [-0.05, 0) is 48.4 Å². The van der Waals surface area contributed by atoms with Crippen LogP contribution in [0.2, 0.25) is 0 Å². The highest BCUT2D eigenvalue weighted by Gasteiger charge is 2.05. The summed E-state index contributed by atoms with van der Waals surface area (Å²) in [6.45, 7) is 1.61. The molecule has 0 radical (unpaired) electrons. The smallest absolute Gasteiger partial charge is 0.146 e. The fourth-order valence-corrected chi connectivity index (χ4v) is 2.27. The maximum absolute atomic E-state index is 13.6. The summed E-state index contributed by atoms with van der Waals surface area (Å²) in [5, 5.41) is 3.39. The molecule has 2 aromatic carbocycles. The van der Waals surface area contributed by atoms with Gasteiger partial charge in [0.15, 0.2) is 0 Å². The van der Waals surface area contributed by atoms with Crippen LogP contribution in [-0.2, 0) is 13.0 Å². The van der Waals surface area contributed by atoms with Gasteiger partial charge in [-0.3, -0.25) is 0 Å². The Labute approximate surface area is 131 Å². The van der Waals surface area contributed by atoms with Gasteiger partial charge in [0.2, 0.25) is 0 Å². The van der Waals surface area contributed by atoms with Gasteiger partial charge in [0, 0.05) is 20.6 Å². The second kappa shape index (κ2) is 7.80. The Balaban J connectivity index is 1.82. The average molecular weight is 302 g/mol. The van der Waals surface area contributed by atoms with Gasteiger partial charge in [-0.25, -0.2) is 4.39 Å². The highest BCUT2D eigenvalue weighted by Crippen LogP contribution is 2.18. The summed E-state index contributed by atoms with van der Waals surface area (Å²) < 4.78 is 18.8. The third kappa shape index (κ3) is 4.46. The molecule has 0 amide bonds. The van der Waals surface area contributed by atoms with E-state index in [-0.39, 0.29) is 5.82 Å². The Hall–Kier alpha value is -2.07. The molecule has 0 aliphatic heterocycles. The minimum Gasteiger partial charge on any atom is -0.497 e. The predicted molar refractivity (Wildman–Crippen MR) is 89.1 cm³/mol. The van der Waals surface area contributed by atoms with Crippen LogP contribution in [0.15, 0.2) is 42.5 Å². The summed E-state index contributed by atoms with van der Waals surface area (Å²) in [5.74, 6) is 0.686. The molecule has 118 valence electrons. The Bertz CT molecular complexity index is 597. The van der Waals surface area contributed by atoms with Crippen LogP contribution in [-0.4, -0.2) is 27.7 Å². The first-order valence-electron chi connectivity index (χ1n) is 7.39. The number of benzene rings is 2. The van der Waals surface area contributed by atoms with Crippen molar-refractivity contribution in [2.45, 2.75) is 13.0 Å². The van der Waals surface area contributed by atoms with Crippen LogP contribution in [0, 0.1) is 5.82 Å². The van der Waals surface area contributed by atoms with Gasteiger partial charge < -0.3 is 15.0 Å². The molecule has 3 nitrogen and oxygen atoms in total. The Morgan fingerprint density at radius 2 is 1.73 bits per heavy atom. The molecular weight excluding hydrogens is 279 g/mol. The van der Waals surface area contributed by atoms with Gasteiger partial charge in [-0.2, -0.15) is 0 Å². The number of anilines is 1. The lowest BCUT2D eigenvalue weighted by Crippen LogP contribution is -2.17. The third-order valence-corrected chi connectivity index (χ3v) is 3.57. The van der Waals surface area contributed by atoms with Gasteiger partial charge in [-0.1, -0.05) is 18.2 Å². The number of hydrogen-bond donors (Lipinski definition) is 1. The molecule has 2 aromatic rings. The molecule has 0 atom stereocenters. The van der Waals surface area contributed by atoms with Crippen LogP contribution < -0.4 is 15.0 Å². The summed E-state index contributed by atoms with van der Waals surface area (Å²) in [5.41, 5.74) is 2.97. The summed E-state index contributed by atoms with van der Waals surface area (Å²) in [4.78, 5) is 1.79. The molecule has 0 aromatic heterocycles. The van der Waals surface area contributed by atoms with Crippen molar-refractivity contribution in [2.75, 3.05) is 32.6 Å². The lowest BCUT2D eigenvalue weighted by Gasteiger charge is -2.15. The van der Waals surface area contributed by atoms with Crippen molar-refractivity contribution in [3.8, 4) is 5.75 Å². The minimum absolute atomic E-state index is 0.188. The average Bonchev–Trinajstić information content (AvgIpc) is 2.53. The zero-order valence-electron chi connectivity index (χ0n) is 13.4. The molecule has 0 bridgehead atoms. The van der Waals surface area contributed by atoms with E-state index >= 15 is 0 Å². The normalized spacial score (nSPS) is 10.5. The number of halogens is 1. The zero-order valence-corrected chi connectivity index (χ0v) is 13.4. The van der Waals surface area contributed by atoms with Gasteiger partial charge >= 0.3 is 0 Å². The second-order valence-corrected chi connectivity index (χ2v) is 5.46. The van der Waals surface area contributed by atoms with E-state index in [1.54, 1.807) is 12.0 Å². The Morgan fingerprint density at radius 1 is 1.05 bits per heavy atom. The predicted octanol–water partition coefficient (Wildman–Crippen LogP) is 3.23. The molecule has 0 aliphatic carbocycles. The maximum Gasteiger partial charge on any atom is 0.146 e. The largest absolute Gasteiger partial charge is 0.497 e. The summed E-state index contributed by atoms with van der Waals surface area (Å²) in [6.07, 6.45) is 0.950. The van der Waals surface area contributed by atoms with Gasteiger partial charge in [0.05, 0.1) is 12.8 Å². The van der Waals surface area contributed by atoms with Crippen molar-refractivity contribution in [3.05, 3.63) is 59.4 Å². The number of nitrogens with one attached hydrogen (secondary N) is 1. The molecule has 0 saturated heterocycles. The van der Waals surface area contributed by atoms with E-state index in [4.69, 9.17) is 4.74 Å². The number of hydrogen-bond acceptors (Lipinski definition) is 3. The van der Waals surface area contributed by atoms with Crippen LogP contribution in [0.5, 0.6) is 5.75 Å². The van der Waals surface area contributed by atoms with E-state index in [9.17, 15) is 4.39 Å². The van der Waals surface area contributed by atoms with Gasteiger partial charge in [0.1, 0.15) is 11.6 Å². The van der Waals surface area contributed by atoms with E-state index in [0.717, 1.165) is 30.8 Å². The summed E-state index contributed by atoms with van der Waals surface area (Å²) in [6, 6.07) is 13.3. The van der Waals surface area contributed by atoms with Crippen LogP contribution in [0.25, 0.3) is 0 Å². The van der Waals surface area contributed by atoms with Gasteiger partial charge in [0.25, 0.3) is 0 Å². The van der Waals surface area contributed by atoms with E-state index in [1.165, 1.54) is 11.6 Å². The minimum atomic E-state index is -0.188. The monoisotopic (exact) mass is 302 g/mol. The molecule has 0 heterocycles. The Morgan fingerprint density at radius 3 is 2.36 bits per heavy atom. The molecule has 1 N–H and O–H groups in total. The SMILES string of the molecule is COc1ccc(CCNCc2ccc(F)c(N(C)C)c2)cc1. The van der Waals surface area contributed by atoms with E-state index < -0.39 is 0 Å². The van der Waals surface area contributed by atoms with Crippen molar-refractivity contribution >= 4 is 5.69 Å². The van der Waals surface area contributed by atoms with E-state index in [1.807, 2.05) is 38.4 Å². The Kier molecular flexibility index (Phi) is 5.78. The van der Waals surface area contributed by atoms with Crippen molar-refractivity contribution in [1.29, 1.82) is 0 Å². The lowest BCUT2D eigenvalue weighted by atomic mass is 10.1. The molecule has 0 saturated carbocycles. The highest BCUT2D eigenvalue weighted by atomic mass is 19.1. The van der Waals surface area contributed by atoms with Crippen molar-refractivity contribution in [3.63, 3.8) is 0 Å². The van der Waals surface area contributed by atoms with Crippen LogP contribution in [0.3, 0.4) is 0 Å². The van der Waals surface area contributed by atoms with Crippen molar-refractivity contribution in [2.24, 2.45) is 0 Å². The molecule has 0 aliphatic rings. The van der Waals surface area contributed by atoms with Gasteiger partial charge in [-0.15, -0.1) is 0 Å². The van der Waals surface area contributed by atoms with Crippen molar-refractivity contribution in [1.82, 2.24) is 5.32 Å². The third-order valence-electron chi connectivity index (χ3n) is 3.57. The number of ether oxygens (including phenoxy) is 1. The van der Waals surface area contributed by atoms with Crippen LogP contribution >= 0.6 is 0 Å². The fourth-order valence-electron chi connectivity index (χ4n) is 2.27. The number of methoxy groups -OCH3 is 1. The van der Waals surface area contributed by atoms with Crippen LogP contribution in [0.4, 0.5) is 10.1 Å². The molecule has 4 heteroatoms. The highest BCUT2D eigenvalue weighted by molar-refractivity contribution is 5.48. The molecular formula is C18H23FN2O. The first kappa shape index (κ1) is 16.3. The molecule has 0 unspecified atom stereocenters. The standard InChI is InChI=1S/C18H23FN2O/c1-21(2)18-12-15(6-9-17(18)19)13-20-11-10-14-4-7-16(22-3)8-5-14/h4-9,12,20H,10-11,13H2,1-3H3. The van der Waals surface area contributed by atoms with Crippen LogP contribution in [0.1, 0.15) is 11.1 Å². The molecule has 2 rings (SSSR count). The number of rotatable bonds is 7. The second-order valence-electron chi connectivity index (χ2n) is 5.46. The number of nitrogens with zero attached hydrogens (tertiary/aromatic N) is 1. The zero-order chi connectivity index (χ0) is 15.9. The van der Waals surface area contributed by atoms with Crippen molar-refractivity contribution < 1.29 is 9.13 Å².